The van der Waals surface area contributed by atoms with E-state index in [4.69, 9.17) is 18.0 Å². The van der Waals surface area contributed by atoms with E-state index < -0.39 is 0 Å². The summed E-state index contributed by atoms with van der Waals surface area (Å²) in [4.78, 5) is 18.8. The van der Waals surface area contributed by atoms with Crippen LogP contribution >= 0.6 is 12.2 Å². The maximum atomic E-state index is 12.4. The fraction of sp³-hybridized carbons (Fsp3) is 0.533. The van der Waals surface area contributed by atoms with Crippen molar-refractivity contribution in [3.8, 4) is 0 Å². The highest BCUT2D eigenvalue weighted by atomic mass is 32.1. The van der Waals surface area contributed by atoms with Gasteiger partial charge in [0.25, 0.3) is 5.91 Å². The number of carbonyl (C=O) groups is 1. The van der Waals surface area contributed by atoms with Crippen LogP contribution in [0.15, 0.2) is 18.3 Å². The summed E-state index contributed by atoms with van der Waals surface area (Å²) in [6.07, 6.45) is 4.80. The number of carbonyl (C=O) groups excluding carboxylic acids is 1. The molecular weight excluding hydrogens is 270 g/mol. The predicted octanol–water partition coefficient (Wildman–Crippen LogP) is 2.37. The zero-order valence-corrected chi connectivity index (χ0v) is 12.9. The van der Waals surface area contributed by atoms with Crippen LogP contribution in [0.1, 0.15) is 49.2 Å². The van der Waals surface area contributed by atoms with Crippen molar-refractivity contribution in [1.29, 1.82) is 0 Å². The molecule has 0 bridgehead atoms. The van der Waals surface area contributed by atoms with E-state index in [0.717, 1.165) is 32.4 Å². The fourth-order valence-electron chi connectivity index (χ4n) is 2.45. The van der Waals surface area contributed by atoms with Crippen molar-refractivity contribution in [3.05, 3.63) is 29.6 Å². The van der Waals surface area contributed by atoms with E-state index in [1.54, 1.807) is 18.3 Å². The zero-order valence-electron chi connectivity index (χ0n) is 12.1. The second-order valence-corrected chi connectivity index (χ2v) is 6.55. The number of thiocarbonyl (C=S) groups is 1. The molecule has 0 spiro atoms. The van der Waals surface area contributed by atoms with Gasteiger partial charge in [0.05, 0.1) is 0 Å². The SMILES string of the molecule is CC1(C)CCCN(C(=O)c2ccc(C(N)=S)cn2)CC1. The van der Waals surface area contributed by atoms with Gasteiger partial charge in [0, 0.05) is 24.8 Å². The van der Waals surface area contributed by atoms with Crippen molar-refractivity contribution in [3.63, 3.8) is 0 Å². The Morgan fingerprint density at radius 1 is 1.35 bits per heavy atom. The van der Waals surface area contributed by atoms with E-state index in [9.17, 15) is 4.79 Å². The molecule has 2 heterocycles. The molecule has 2 rings (SSSR count). The molecule has 1 fully saturated rings. The standard InChI is InChI=1S/C15H21N3OS/c1-15(2)6-3-8-18(9-7-15)14(19)12-5-4-11(10-17-12)13(16)20/h4-5,10H,3,6-9H2,1-2H3,(H2,16,20). The number of aromatic nitrogens is 1. The molecule has 20 heavy (non-hydrogen) atoms. The van der Waals surface area contributed by atoms with Gasteiger partial charge < -0.3 is 10.6 Å². The molecule has 1 aliphatic rings. The average Bonchev–Trinajstić information content (AvgIpc) is 2.59. The number of nitrogens with two attached hydrogens (primary N) is 1. The lowest BCUT2D eigenvalue weighted by Gasteiger charge is -2.23. The van der Waals surface area contributed by atoms with Crippen molar-refractivity contribution in [2.75, 3.05) is 13.1 Å². The molecule has 4 nitrogen and oxygen atoms in total. The number of pyridine rings is 1. The summed E-state index contributed by atoms with van der Waals surface area (Å²) < 4.78 is 0. The highest BCUT2D eigenvalue weighted by Crippen LogP contribution is 2.30. The number of hydrogen-bond acceptors (Lipinski definition) is 3. The third-order valence-corrected chi connectivity index (χ3v) is 4.13. The van der Waals surface area contributed by atoms with Crippen LogP contribution in [0.3, 0.4) is 0 Å². The molecule has 0 aromatic carbocycles. The monoisotopic (exact) mass is 291 g/mol. The number of nitrogens with zero attached hydrogens (tertiary/aromatic N) is 2. The average molecular weight is 291 g/mol. The lowest BCUT2D eigenvalue weighted by Crippen LogP contribution is -2.33. The van der Waals surface area contributed by atoms with E-state index in [1.165, 1.54) is 0 Å². The van der Waals surface area contributed by atoms with Crippen molar-refractivity contribution >= 4 is 23.1 Å². The first kappa shape index (κ1) is 14.9. The van der Waals surface area contributed by atoms with Gasteiger partial charge in [-0.1, -0.05) is 26.1 Å². The molecule has 1 aromatic heterocycles. The third-order valence-electron chi connectivity index (χ3n) is 3.89. The third kappa shape index (κ3) is 3.54. The minimum Gasteiger partial charge on any atom is -0.389 e. The summed E-state index contributed by atoms with van der Waals surface area (Å²) in [6.45, 7) is 6.12. The maximum absolute atomic E-state index is 12.4. The summed E-state index contributed by atoms with van der Waals surface area (Å²) >= 11 is 4.88. The van der Waals surface area contributed by atoms with Crippen molar-refractivity contribution in [2.24, 2.45) is 11.1 Å². The summed E-state index contributed by atoms with van der Waals surface area (Å²) in [5.41, 5.74) is 7.00. The van der Waals surface area contributed by atoms with Crippen LogP contribution in [0, 0.1) is 5.41 Å². The van der Waals surface area contributed by atoms with Crippen molar-refractivity contribution in [2.45, 2.75) is 33.1 Å². The zero-order chi connectivity index (χ0) is 14.8. The second kappa shape index (κ2) is 5.87. The number of hydrogen-bond donors (Lipinski definition) is 1. The van der Waals surface area contributed by atoms with E-state index in [2.05, 4.69) is 18.8 Å². The highest BCUT2D eigenvalue weighted by molar-refractivity contribution is 7.80. The van der Waals surface area contributed by atoms with Gasteiger partial charge in [-0.15, -0.1) is 0 Å². The van der Waals surface area contributed by atoms with Crippen LogP contribution in [0.25, 0.3) is 0 Å². The fourth-order valence-corrected chi connectivity index (χ4v) is 2.57. The van der Waals surface area contributed by atoms with E-state index in [1.807, 2.05) is 4.90 Å². The molecule has 5 heteroatoms. The van der Waals surface area contributed by atoms with Gasteiger partial charge in [0.2, 0.25) is 0 Å². The van der Waals surface area contributed by atoms with Gasteiger partial charge in [-0.3, -0.25) is 9.78 Å². The molecule has 0 radical (unpaired) electrons. The highest BCUT2D eigenvalue weighted by Gasteiger charge is 2.26. The molecule has 1 aliphatic heterocycles. The van der Waals surface area contributed by atoms with Gasteiger partial charge >= 0.3 is 0 Å². The Labute approximate surface area is 125 Å². The van der Waals surface area contributed by atoms with Gasteiger partial charge in [0.15, 0.2) is 0 Å². The molecule has 2 N–H and O–H groups in total. The first-order chi connectivity index (χ1) is 9.39. The van der Waals surface area contributed by atoms with Gasteiger partial charge in [0.1, 0.15) is 10.7 Å². The molecular formula is C15H21N3OS. The Balaban J connectivity index is 2.09. The number of amides is 1. The molecule has 0 unspecified atom stereocenters. The summed E-state index contributed by atoms with van der Waals surface area (Å²) in [5.74, 6) is -0.00260. The molecule has 0 atom stereocenters. The Morgan fingerprint density at radius 2 is 2.10 bits per heavy atom. The maximum Gasteiger partial charge on any atom is 0.272 e. The van der Waals surface area contributed by atoms with Crippen molar-refractivity contribution in [1.82, 2.24) is 9.88 Å². The molecule has 1 amide bonds. The molecule has 0 saturated carbocycles. The molecule has 0 aliphatic carbocycles. The Hall–Kier alpha value is -1.49. The van der Waals surface area contributed by atoms with E-state index >= 15 is 0 Å². The van der Waals surface area contributed by atoms with Crippen molar-refractivity contribution < 1.29 is 4.79 Å². The van der Waals surface area contributed by atoms with Crippen LogP contribution in [-0.4, -0.2) is 33.9 Å². The summed E-state index contributed by atoms with van der Waals surface area (Å²) in [5, 5.41) is 0. The topological polar surface area (TPSA) is 59.2 Å². The van der Waals surface area contributed by atoms with Crippen LogP contribution in [0.5, 0.6) is 0 Å². The lowest BCUT2D eigenvalue weighted by atomic mass is 9.85. The smallest absolute Gasteiger partial charge is 0.272 e. The summed E-state index contributed by atoms with van der Waals surface area (Å²) in [6, 6.07) is 3.46. The Bertz CT molecular complexity index is 510. The molecule has 1 saturated heterocycles. The first-order valence-corrected chi connectivity index (χ1v) is 7.35. The minimum atomic E-state index is -0.00260. The van der Waals surface area contributed by atoms with E-state index in [0.29, 0.717) is 21.7 Å². The quantitative estimate of drug-likeness (QED) is 0.850. The van der Waals surface area contributed by atoms with Crippen LogP contribution in [0.4, 0.5) is 0 Å². The molecule has 108 valence electrons. The molecule has 1 aromatic rings. The second-order valence-electron chi connectivity index (χ2n) is 6.11. The Kier molecular flexibility index (Phi) is 4.38. The first-order valence-electron chi connectivity index (χ1n) is 6.94. The lowest BCUT2D eigenvalue weighted by molar-refractivity contribution is 0.0751. The number of rotatable bonds is 2. The predicted molar refractivity (Wildman–Crippen MR) is 83.7 cm³/mol. The van der Waals surface area contributed by atoms with Crippen LogP contribution in [0.2, 0.25) is 0 Å². The van der Waals surface area contributed by atoms with Gasteiger partial charge in [-0.25, -0.2) is 0 Å². The normalized spacial score (nSPS) is 18.4. The summed E-state index contributed by atoms with van der Waals surface area (Å²) in [7, 11) is 0. The minimum absolute atomic E-state index is 0.00260. The van der Waals surface area contributed by atoms with Crippen LogP contribution < -0.4 is 5.73 Å². The van der Waals surface area contributed by atoms with E-state index in [-0.39, 0.29) is 5.91 Å². The van der Waals surface area contributed by atoms with Gasteiger partial charge in [-0.2, -0.15) is 0 Å². The number of likely N-dealkylation sites (tertiary alicyclic amines) is 1. The van der Waals surface area contributed by atoms with Gasteiger partial charge in [-0.05, 0) is 36.8 Å². The Morgan fingerprint density at radius 3 is 2.70 bits per heavy atom. The largest absolute Gasteiger partial charge is 0.389 e. The van der Waals surface area contributed by atoms with Crippen LogP contribution in [-0.2, 0) is 0 Å².